The van der Waals surface area contributed by atoms with Crippen molar-refractivity contribution in [2.24, 2.45) is 5.14 Å². The molecule has 8 heteroatoms. The average molecular weight is 274 g/mol. The van der Waals surface area contributed by atoms with Crippen molar-refractivity contribution in [3.63, 3.8) is 0 Å². The van der Waals surface area contributed by atoms with Gasteiger partial charge in [-0.3, -0.25) is 4.79 Å². The summed E-state index contributed by atoms with van der Waals surface area (Å²) in [6.07, 6.45) is -0.0460. The molecule has 2 rings (SSSR count). The summed E-state index contributed by atoms with van der Waals surface area (Å²) in [5.74, 6) is -0.395. The molecule has 1 aliphatic heterocycles. The number of hydrogen-bond donors (Lipinski definition) is 1. The minimum absolute atomic E-state index is 0.0341. The molecule has 0 saturated carbocycles. The summed E-state index contributed by atoms with van der Waals surface area (Å²) in [4.78, 5) is 13.6. The maximum atomic E-state index is 12.0. The standard InChI is InChI=1S/C10H14N2O5S/c1-7-6-12(4-5-16-7)10(13)8-2-3-9(17-8)18(11,14)15/h2-3,7H,4-6H2,1H3,(H2,11,14,15). The van der Waals surface area contributed by atoms with Gasteiger partial charge in [0.05, 0.1) is 12.7 Å². The third-order valence-corrected chi connectivity index (χ3v) is 3.38. The molecule has 7 nitrogen and oxygen atoms in total. The predicted octanol–water partition coefficient (Wildman–Crippen LogP) is -0.212. The van der Waals surface area contributed by atoms with Crippen LogP contribution in [0.4, 0.5) is 0 Å². The lowest BCUT2D eigenvalue weighted by atomic mass is 10.3. The van der Waals surface area contributed by atoms with Crippen LogP contribution in [0.3, 0.4) is 0 Å². The van der Waals surface area contributed by atoms with Crippen LogP contribution in [0.5, 0.6) is 0 Å². The highest BCUT2D eigenvalue weighted by Gasteiger charge is 2.25. The largest absolute Gasteiger partial charge is 0.438 e. The number of carbonyl (C=O) groups is 1. The Morgan fingerprint density at radius 3 is 2.78 bits per heavy atom. The Balaban J connectivity index is 2.16. The number of ether oxygens (including phenoxy) is 1. The van der Waals surface area contributed by atoms with Gasteiger partial charge in [0.15, 0.2) is 5.76 Å². The highest BCUT2D eigenvalue weighted by molar-refractivity contribution is 7.89. The first-order chi connectivity index (χ1) is 8.38. The van der Waals surface area contributed by atoms with Crippen LogP contribution in [0.2, 0.25) is 0 Å². The lowest BCUT2D eigenvalue weighted by Crippen LogP contribution is -2.44. The van der Waals surface area contributed by atoms with E-state index in [1.165, 1.54) is 12.1 Å². The average Bonchev–Trinajstić information content (AvgIpc) is 2.77. The van der Waals surface area contributed by atoms with Crippen molar-refractivity contribution in [3.8, 4) is 0 Å². The third-order valence-electron chi connectivity index (χ3n) is 2.60. The van der Waals surface area contributed by atoms with E-state index in [9.17, 15) is 13.2 Å². The Hall–Kier alpha value is -1.38. The summed E-state index contributed by atoms with van der Waals surface area (Å²) in [6, 6.07) is 2.48. The van der Waals surface area contributed by atoms with Crippen LogP contribution in [0.25, 0.3) is 0 Å². The zero-order chi connectivity index (χ0) is 13.3. The number of amides is 1. The maximum absolute atomic E-state index is 12.0. The molecule has 2 N–H and O–H groups in total. The van der Waals surface area contributed by atoms with E-state index in [4.69, 9.17) is 14.3 Å². The van der Waals surface area contributed by atoms with Crippen molar-refractivity contribution in [1.29, 1.82) is 0 Å². The smallest absolute Gasteiger partial charge is 0.289 e. The molecule has 0 spiro atoms. The first-order valence-electron chi connectivity index (χ1n) is 5.41. The van der Waals surface area contributed by atoms with Crippen LogP contribution < -0.4 is 5.14 Å². The van der Waals surface area contributed by atoms with Crippen molar-refractivity contribution >= 4 is 15.9 Å². The minimum atomic E-state index is -3.92. The van der Waals surface area contributed by atoms with Crippen LogP contribution in [-0.4, -0.2) is 45.0 Å². The van der Waals surface area contributed by atoms with Crippen LogP contribution in [-0.2, 0) is 14.8 Å². The van der Waals surface area contributed by atoms with Crippen LogP contribution in [0.1, 0.15) is 17.5 Å². The first kappa shape index (κ1) is 13.1. The lowest BCUT2D eigenvalue weighted by molar-refractivity contribution is -0.0136. The van der Waals surface area contributed by atoms with E-state index in [0.717, 1.165) is 0 Å². The number of nitrogens with zero attached hydrogens (tertiary/aromatic N) is 1. The predicted molar refractivity (Wildman–Crippen MR) is 61.4 cm³/mol. The van der Waals surface area contributed by atoms with Crippen molar-refractivity contribution in [1.82, 2.24) is 4.90 Å². The number of hydrogen-bond acceptors (Lipinski definition) is 5. The minimum Gasteiger partial charge on any atom is -0.438 e. The zero-order valence-corrected chi connectivity index (χ0v) is 10.6. The Kier molecular flexibility index (Phi) is 3.42. The number of sulfonamides is 1. The molecular formula is C10H14N2O5S. The second-order valence-electron chi connectivity index (χ2n) is 4.10. The normalized spacial score (nSPS) is 21.0. The third kappa shape index (κ3) is 2.71. The van der Waals surface area contributed by atoms with Gasteiger partial charge in [-0.1, -0.05) is 0 Å². The van der Waals surface area contributed by atoms with E-state index < -0.39 is 15.1 Å². The number of nitrogens with two attached hydrogens (primary N) is 1. The van der Waals surface area contributed by atoms with Crippen molar-refractivity contribution < 1.29 is 22.4 Å². The SMILES string of the molecule is CC1CN(C(=O)c2ccc(S(N)(=O)=O)o2)CCO1. The number of rotatable bonds is 2. The summed E-state index contributed by atoms with van der Waals surface area (Å²) in [5.41, 5.74) is 0. The van der Waals surface area contributed by atoms with E-state index in [2.05, 4.69) is 0 Å². The van der Waals surface area contributed by atoms with Crippen LogP contribution in [0.15, 0.2) is 21.6 Å². The lowest BCUT2D eigenvalue weighted by Gasteiger charge is -2.30. The van der Waals surface area contributed by atoms with E-state index >= 15 is 0 Å². The van der Waals surface area contributed by atoms with E-state index in [-0.39, 0.29) is 17.8 Å². The first-order valence-corrected chi connectivity index (χ1v) is 6.96. The number of furan rings is 1. The van der Waals surface area contributed by atoms with E-state index in [1.54, 1.807) is 4.90 Å². The van der Waals surface area contributed by atoms with Gasteiger partial charge in [0, 0.05) is 13.1 Å². The molecule has 0 radical (unpaired) electrons. The molecule has 1 fully saturated rings. The van der Waals surface area contributed by atoms with Crippen molar-refractivity contribution in [2.45, 2.75) is 18.1 Å². The van der Waals surface area contributed by atoms with Gasteiger partial charge in [0.2, 0.25) is 5.09 Å². The molecule has 0 aliphatic carbocycles. The van der Waals surface area contributed by atoms with Crippen molar-refractivity contribution in [2.75, 3.05) is 19.7 Å². The topological polar surface area (TPSA) is 103 Å². The Labute approximate surface area is 105 Å². The summed E-state index contributed by atoms with van der Waals surface area (Å²) < 4.78 is 32.3. The van der Waals surface area contributed by atoms with E-state index in [0.29, 0.717) is 19.7 Å². The molecule has 2 heterocycles. The molecule has 1 saturated heterocycles. The molecule has 1 atom stereocenters. The fourth-order valence-corrected chi connectivity index (χ4v) is 2.21. The van der Waals surface area contributed by atoms with Gasteiger partial charge in [-0.2, -0.15) is 0 Å². The molecular weight excluding hydrogens is 260 g/mol. The molecule has 18 heavy (non-hydrogen) atoms. The number of primary sulfonamides is 1. The molecule has 1 unspecified atom stereocenters. The molecule has 100 valence electrons. The Morgan fingerprint density at radius 2 is 2.22 bits per heavy atom. The van der Waals surface area contributed by atoms with Gasteiger partial charge in [-0.05, 0) is 19.1 Å². The summed E-state index contributed by atoms with van der Waals surface area (Å²) in [6.45, 7) is 3.21. The van der Waals surface area contributed by atoms with Gasteiger partial charge in [-0.25, -0.2) is 13.6 Å². The molecule has 0 bridgehead atoms. The zero-order valence-electron chi connectivity index (χ0n) is 9.83. The van der Waals surface area contributed by atoms with Crippen LogP contribution >= 0.6 is 0 Å². The molecule has 1 aliphatic rings. The number of morpholine rings is 1. The molecule has 1 aromatic heterocycles. The second kappa shape index (κ2) is 4.71. The summed E-state index contributed by atoms with van der Waals surface area (Å²) >= 11 is 0. The fourth-order valence-electron chi connectivity index (χ4n) is 1.75. The van der Waals surface area contributed by atoms with Gasteiger partial charge >= 0.3 is 0 Å². The van der Waals surface area contributed by atoms with Gasteiger partial charge in [-0.15, -0.1) is 0 Å². The number of carbonyl (C=O) groups excluding carboxylic acids is 1. The molecule has 0 aromatic carbocycles. The molecule has 1 aromatic rings. The second-order valence-corrected chi connectivity index (χ2v) is 5.59. The van der Waals surface area contributed by atoms with Gasteiger partial charge < -0.3 is 14.1 Å². The maximum Gasteiger partial charge on any atom is 0.289 e. The summed E-state index contributed by atoms with van der Waals surface area (Å²) in [7, 11) is -3.92. The quantitative estimate of drug-likeness (QED) is 0.803. The highest BCUT2D eigenvalue weighted by Crippen LogP contribution is 2.16. The highest BCUT2D eigenvalue weighted by atomic mass is 32.2. The molecule has 1 amide bonds. The van der Waals surface area contributed by atoms with E-state index in [1.807, 2.05) is 6.92 Å². The van der Waals surface area contributed by atoms with Gasteiger partial charge in [0.25, 0.3) is 15.9 Å². The Morgan fingerprint density at radius 1 is 1.50 bits per heavy atom. The summed E-state index contributed by atoms with van der Waals surface area (Å²) in [5, 5.41) is 4.49. The van der Waals surface area contributed by atoms with Crippen LogP contribution in [0, 0.1) is 0 Å². The Bertz CT molecular complexity index is 550. The van der Waals surface area contributed by atoms with Gasteiger partial charge in [0.1, 0.15) is 0 Å². The van der Waals surface area contributed by atoms with Crippen molar-refractivity contribution in [3.05, 3.63) is 17.9 Å². The monoisotopic (exact) mass is 274 g/mol. The fraction of sp³-hybridized carbons (Fsp3) is 0.500.